The Hall–Kier alpha value is -1.85. The van der Waals surface area contributed by atoms with E-state index < -0.39 is 27.5 Å². The maximum Gasteiger partial charge on any atom is 0.299 e. The molecule has 3 aliphatic rings. The van der Waals surface area contributed by atoms with Crippen molar-refractivity contribution in [2.24, 2.45) is 0 Å². The number of hydrogen-bond donors (Lipinski definition) is 0. The number of amides is 1. The molecule has 3 aliphatic heterocycles. The first kappa shape index (κ1) is 24.3. The van der Waals surface area contributed by atoms with Crippen LogP contribution in [0, 0.1) is 0 Å². The van der Waals surface area contributed by atoms with Crippen LogP contribution >= 0.6 is 0 Å². The van der Waals surface area contributed by atoms with Gasteiger partial charge in [0.15, 0.2) is 5.79 Å². The van der Waals surface area contributed by atoms with Gasteiger partial charge in [-0.2, -0.15) is 4.31 Å². The summed E-state index contributed by atoms with van der Waals surface area (Å²) in [5.74, 6) is -1.90. The highest BCUT2D eigenvalue weighted by molar-refractivity contribution is 7.89. The molecule has 33 heavy (non-hydrogen) atoms. The summed E-state index contributed by atoms with van der Waals surface area (Å²) >= 11 is 0. The van der Waals surface area contributed by atoms with Crippen molar-refractivity contribution in [3.8, 4) is 0 Å². The molecule has 1 aromatic rings. The zero-order chi connectivity index (χ0) is 23.8. The van der Waals surface area contributed by atoms with Crippen molar-refractivity contribution in [3.63, 3.8) is 0 Å². The summed E-state index contributed by atoms with van der Waals surface area (Å²) in [6.45, 7) is 5.49. The second-order valence-electron chi connectivity index (χ2n) is 8.79. The molecule has 0 N–H and O–H groups in total. The van der Waals surface area contributed by atoms with Gasteiger partial charge in [-0.1, -0.05) is 13.8 Å². The highest BCUT2D eigenvalue weighted by Crippen LogP contribution is 2.35. The number of ketones is 1. The van der Waals surface area contributed by atoms with Crippen molar-refractivity contribution in [2.75, 3.05) is 38.3 Å². The van der Waals surface area contributed by atoms with Crippen LogP contribution < -0.4 is 4.90 Å². The number of rotatable bonds is 9. The predicted molar refractivity (Wildman–Crippen MR) is 121 cm³/mol. The third kappa shape index (κ3) is 4.35. The molecule has 0 saturated carbocycles. The summed E-state index contributed by atoms with van der Waals surface area (Å²) in [5.41, 5.74) is 0.568. The van der Waals surface area contributed by atoms with E-state index in [2.05, 4.69) is 0 Å². The lowest BCUT2D eigenvalue weighted by molar-refractivity contribution is -0.172. The minimum Gasteiger partial charge on any atom is -0.383 e. The molecule has 182 valence electrons. The zero-order valence-electron chi connectivity index (χ0n) is 19.4. The maximum atomic E-state index is 13.2. The van der Waals surface area contributed by atoms with Crippen molar-refractivity contribution < 1.29 is 32.2 Å². The normalized spacial score (nSPS) is 25.2. The van der Waals surface area contributed by atoms with E-state index in [-0.39, 0.29) is 22.6 Å². The molecule has 9 nitrogen and oxygen atoms in total. The van der Waals surface area contributed by atoms with Gasteiger partial charge >= 0.3 is 0 Å². The van der Waals surface area contributed by atoms with Gasteiger partial charge < -0.3 is 19.1 Å². The van der Waals surface area contributed by atoms with Crippen molar-refractivity contribution in [1.29, 1.82) is 0 Å². The van der Waals surface area contributed by atoms with Crippen LogP contribution in [0.1, 0.15) is 56.3 Å². The van der Waals surface area contributed by atoms with Crippen LogP contribution in [0.25, 0.3) is 0 Å². The standard InChI is InChI=1S/C23H32N2O7S/c1-4-23(5-2)31-15-17(32-23)10-12-24-20-9-8-18(13-19(20)21(26)22(24)27)33(28,29)25-11-6-7-16(25)14-30-3/h8-9,13,16-17H,4-7,10-12,14-15H2,1-3H3/t16-,17-/m0/s1. The number of nitrogens with zero attached hydrogens (tertiary/aromatic N) is 2. The number of Topliss-reactive ketones (excluding diaryl/α,β-unsaturated/α-hetero) is 1. The summed E-state index contributed by atoms with van der Waals surface area (Å²) in [6, 6.07) is 4.14. The van der Waals surface area contributed by atoms with Crippen LogP contribution in [0.4, 0.5) is 5.69 Å². The number of benzene rings is 1. The fraction of sp³-hybridized carbons (Fsp3) is 0.652. The number of hydrogen-bond acceptors (Lipinski definition) is 7. The molecule has 0 aromatic heterocycles. The lowest BCUT2D eigenvalue weighted by Crippen LogP contribution is -2.38. The van der Waals surface area contributed by atoms with Gasteiger partial charge in [-0.25, -0.2) is 8.42 Å². The molecule has 1 amide bonds. The van der Waals surface area contributed by atoms with E-state index in [1.807, 2.05) is 13.8 Å². The Bertz CT molecular complexity index is 1020. The van der Waals surface area contributed by atoms with Crippen LogP contribution in [-0.2, 0) is 29.0 Å². The average Bonchev–Trinajstić information content (AvgIpc) is 3.51. The summed E-state index contributed by atoms with van der Waals surface area (Å²) in [6.07, 6.45) is 3.32. The van der Waals surface area contributed by atoms with E-state index in [9.17, 15) is 18.0 Å². The molecule has 3 heterocycles. The van der Waals surface area contributed by atoms with Crippen LogP contribution in [-0.4, -0.2) is 75.8 Å². The SMILES string of the molecule is CCC1(CC)OC[C@H](CCN2C(=O)C(=O)c3cc(S(=O)(=O)N4CCC[C@H]4COC)ccc32)O1. The van der Waals surface area contributed by atoms with E-state index >= 15 is 0 Å². The number of ether oxygens (including phenoxy) is 3. The van der Waals surface area contributed by atoms with Gasteiger partial charge in [0.2, 0.25) is 10.0 Å². The number of anilines is 1. The van der Waals surface area contributed by atoms with Crippen LogP contribution in [0.5, 0.6) is 0 Å². The minimum absolute atomic E-state index is 0.0236. The number of sulfonamides is 1. The third-order valence-corrected chi connectivity index (χ3v) is 8.85. The summed E-state index contributed by atoms with van der Waals surface area (Å²) in [7, 11) is -2.25. The van der Waals surface area contributed by atoms with Gasteiger partial charge in [-0.15, -0.1) is 0 Å². The molecule has 2 atom stereocenters. The average molecular weight is 481 g/mol. The first-order chi connectivity index (χ1) is 15.8. The van der Waals surface area contributed by atoms with Crippen LogP contribution in [0.2, 0.25) is 0 Å². The Balaban J connectivity index is 1.51. The Morgan fingerprint density at radius 3 is 2.64 bits per heavy atom. The summed E-state index contributed by atoms with van der Waals surface area (Å²) in [5, 5.41) is 0. The molecular weight excluding hydrogens is 448 g/mol. The lowest BCUT2D eigenvalue weighted by atomic mass is 10.1. The summed E-state index contributed by atoms with van der Waals surface area (Å²) in [4.78, 5) is 26.8. The van der Waals surface area contributed by atoms with Gasteiger partial charge in [-0.3, -0.25) is 9.59 Å². The Labute approximate surface area is 195 Å². The number of carbonyl (C=O) groups excluding carboxylic acids is 2. The van der Waals surface area contributed by atoms with Crippen molar-refractivity contribution in [2.45, 2.75) is 68.8 Å². The predicted octanol–water partition coefficient (Wildman–Crippen LogP) is 2.34. The molecule has 0 unspecified atom stereocenters. The molecule has 4 rings (SSSR count). The molecule has 2 saturated heterocycles. The second kappa shape index (κ2) is 9.42. The number of methoxy groups -OCH3 is 1. The van der Waals surface area contributed by atoms with Gasteiger partial charge in [-0.05, 0) is 50.3 Å². The van der Waals surface area contributed by atoms with Gasteiger partial charge in [0, 0.05) is 26.2 Å². The van der Waals surface area contributed by atoms with Crippen LogP contribution in [0.3, 0.4) is 0 Å². The topological polar surface area (TPSA) is 102 Å². The van der Waals surface area contributed by atoms with Gasteiger partial charge in [0.05, 0.1) is 35.5 Å². The molecule has 0 aliphatic carbocycles. The third-order valence-electron chi connectivity index (χ3n) is 6.90. The largest absolute Gasteiger partial charge is 0.383 e. The first-order valence-corrected chi connectivity index (χ1v) is 13.0. The fourth-order valence-corrected chi connectivity index (χ4v) is 6.64. The quantitative estimate of drug-likeness (QED) is 0.500. The maximum absolute atomic E-state index is 13.2. The molecular formula is C23H32N2O7S. The zero-order valence-corrected chi connectivity index (χ0v) is 20.2. The summed E-state index contributed by atoms with van der Waals surface area (Å²) < 4.78 is 45.0. The first-order valence-electron chi connectivity index (χ1n) is 11.6. The highest BCUT2D eigenvalue weighted by Gasteiger charge is 2.42. The molecule has 0 bridgehead atoms. The fourth-order valence-electron chi connectivity index (χ4n) is 4.93. The Kier molecular flexibility index (Phi) is 6.93. The van der Waals surface area contributed by atoms with E-state index in [1.165, 1.54) is 21.3 Å². The Morgan fingerprint density at radius 2 is 1.97 bits per heavy atom. The Morgan fingerprint density at radius 1 is 1.21 bits per heavy atom. The van der Waals surface area contributed by atoms with Crippen molar-refractivity contribution in [3.05, 3.63) is 23.8 Å². The molecule has 0 radical (unpaired) electrons. The smallest absolute Gasteiger partial charge is 0.299 e. The molecule has 0 spiro atoms. The van der Waals surface area contributed by atoms with Gasteiger partial charge in [0.1, 0.15) is 0 Å². The van der Waals surface area contributed by atoms with Crippen molar-refractivity contribution >= 4 is 27.4 Å². The van der Waals surface area contributed by atoms with E-state index in [0.717, 1.165) is 25.7 Å². The molecule has 10 heteroatoms. The van der Waals surface area contributed by atoms with Crippen molar-refractivity contribution in [1.82, 2.24) is 4.31 Å². The lowest BCUT2D eigenvalue weighted by Gasteiger charge is -2.25. The van der Waals surface area contributed by atoms with Gasteiger partial charge in [0.25, 0.3) is 11.7 Å². The van der Waals surface area contributed by atoms with Crippen LogP contribution in [0.15, 0.2) is 23.1 Å². The second-order valence-corrected chi connectivity index (χ2v) is 10.7. The van der Waals surface area contributed by atoms with E-state index in [0.29, 0.717) is 38.4 Å². The highest BCUT2D eigenvalue weighted by atomic mass is 32.2. The number of carbonyl (C=O) groups is 2. The molecule has 2 fully saturated rings. The molecule has 1 aromatic carbocycles. The van der Waals surface area contributed by atoms with E-state index in [4.69, 9.17) is 14.2 Å². The minimum atomic E-state index is -3.80. The monoisotopic (exact) mass is 480 g/mol. The van der Waals surface area contributed by atoms with E-state index in [1.54, 1.807) is 13.2 Å². The number of fused-ring (bicyclic) bond motifs is 1.